The van der Waals surface area contributed by atoms with Crippen molar-refractivity contribution in [3.05, 3.63) is 71.8 Å². The molecule has 1 atom stereocenters. The number of nitrogens with one attached hydrogen (secondary N) is 2. The van der Waals surface area contributed by atoms with Gasteiger partial charge in [0.05, 0.1) is 24.6 Å². The minimum Gasteiger partial charge on any atom is -0.371 e. The standard InChI is InChI=1S/C19H18FN5O2.ClH/c20-14-2-1-3-16(10-14)25-12-17(23-24-25)19(26)22-15-6-4-13(5-7-15)18-11-21-8-9-27-18;/h1-7,10,12,18,21H,8-9,11H2,(H,22,26);1H/t18-;/m1./s1. The third-order valence-corrected chi connectivity index (χ3v) is 4.27. The van der Waals surface area contributed by atoms with Crippen LogP contribution in [0.3, 0.4) is 0 Å². The third kappa shape index (κ3) is 4.53. The number of aromatic nitrogens is 3. The molecule has 9 heteroatoms. The van der Waals surface area contributed by atoms with Crippen LogP contribution in [0.2, 0.25) is 0 Å². The Morgan fingerprint density at radius 3 is 2.79 bits per heavy atom. The van der Waals surface area contributed by atoms with Gasteiger partial charge < -0.3 is 15.4 Å². The lowest BCUT2D eigenvalue weighted by molar-refractivity contribution is 0.0277. The number of nitrogens with zero attached hydrogens (tertiary/aromatic N) is 3. The van der Waals surface area contributed by atoms with Crippen LogP contribution in [0.15, 0.2) is 54.7 Å². The van der Waals surface area contributed by atoms with E-state index in [1.807, 2.05) is 24.3 Å². The van der Waals surface area contributed by atoms with Crippen molar-refractivity contribution in [1.29, 1.82) is 0 Å². The lowest BCUT2D eigenvalue weighted by Gasteiger charge is -2.24. The Morgan fingerprint density at radius 1 is 1.25 bits per heavy atom. The first kappa shape index (κ1) is 19.9. The number of carbonyl (C=O) groups is 1. The predicted molar refractivity (Wildman–Crippen MR) is 105 cm³/mol. The summed E-state index contributed by atoms with van der Waals surface area (Å²) in [6.45, 7) is 2.32. The molecule has 2 N–H and O–H groups in total. The molecule has 1 fully saturated rings. The van der Waals surface area contributed by atoms with Crippen molar-refractivity contribution < 1.29 is 13.9 Å². The smallest absolute Gasteiger partial charge is 0.277 e. The highest BCUT2D eigenvalue weighted by atomic mass is 35.5. The normalized spacial score (nSPS) is 16.2. The fourth-order valence-electron chi connectivity index (χ4n) is 2.87. The molecule has 2 aromatic carbocycles. The zero-order valence-corrected chi connectivity index (χ0v) is 15.7. The van der Waals surface area contributed by atoms with Gasteiger partial charge in [-0.3, -0.25) is 4.79 Å². The first-order valence-corrected chi connectivity index (χ1v) is 8.61. The Kier molecular flexibility index (Phi) is 6.35. The highest BCUT2D eigenvalue weighted by Gasteiger charge is 2.16. The zero-order chi connectivity index (χ0) is 18.6. The largest absolute Gasteiger partial charge is 0.371 e. The number of morpholine rings is 1. The Morgan fingerprint density at radius 2 is 2.07 bits per heavy atom. The van der Waals surface area contributed by atoms with Crippen LogP contribution in [-0.2, 0) is 4.74 Å². The van der Waals surface area contributed by atoms with E-state index >= 15 is 0 Å². The molecule has 1 aliphatic heterocycles. The second-order valence-corrected chi connectivity index (χ2v) is 6.17. The SMILES string of the molecule is Cl.O=C(Nc1ccc([C@H]2CNCCO2)cc1)c1cn(-c2cccc(F)c2)nn1. The molecule has 0 unspecified atom stereocenters. The monoisotopic (exact) mass is 403 g/mol. The third-order valence-electron chi connectivity index (χ3n) is 4.27. The van der Waals surface area contributed by atoms with E-state index in [1.165, 1.54) is 23.0 Å². The van der Waals surface area contributed by atoms with Gasteiger partial charge in [0.15, 0.2) is 5.69 Å². The van der Waals surface area contributed by atoms with Gasteiger partial charge in [0.1, 0.15) is 5.82 Å². The molecule has 1 amide bonds. The van der Waals surface area contributed by atoms with Crippen molar-refractivity contribution in [3.8, 4) is 5.69 Å². The summed E-state index contributed by atoms with van der Waals surface area (Å²) in [5.41, 5.74) is 2.33. The zero-order valence-electron chi connectivity index (χ0n) is 14.8. The highest BCUT2D eigenvalue weighted by molar-refractivity contribution is 6.02. The Labute approximate surface area is 167 Å². The molecule has 0 bridgehead atoms. The number of ether oxygens (including phenoxy) is 1. The van der Waals surface area contributed by atoms with Gasteiger partial charge in [0.25, 0.3) is 5.91 Å². The maximum atomic E-state index is 13.3. The van der Waals surface area contributed by atoms with Crippen molar-refractivity contribution in [1.82, 2.24) is 20.3 Å². The summed E-state index contributed by atoms with van der Waals surface area (Å²) >= 11 is 0. The van der Waals surface area contributed by atoms with Crippen LogP contribution in [0.25, 0.3) is 5.69 Å². The van der Waals surface area contributed by atoms with Gasteiger partial charge in [-0.15, -0.1) is 17.5 Å². The summed E-state index contributed by atoms with van der Waals surface area (Å²) in [4.78, 5) is 12.4. The van der Waals surface area contributed by atoms with E-state index in [4.69, 9.17) is 4.74 Å². The van der Waals surface area contributed by atoms with E-state index in [0.717, 1.165) is 18.7 Å². The number of hydrogen-bond acceptors (Lipinski definition) is 5. The minimum absolute atomic E-state index is 0. The van der Waals surface area contributed by atoms with E-state index in [2.05, 4.69) is 20.9 Å². The molecule has 1 aromatic heterocycles. The molecular formula is C19H19ClFN5O2. The van der Waals surface area contributed by atoms with Crippen LogP contribution in [0.4, 0.5) is 10.1 Å². The molecule has 3 aromatic rings. The van der Waals surface area contributed by atoms with Gasteiger partial charge in [-0.2, -0.15) is 0 Å². The van der Waals surface area contributed by atoms with Gasteiger partial charge in [-0.1, -0.05) is 23.4 Å². The number of halogens is 2. The van der Waals surface area contributed by atoms with Crippen LogP contribution in [0, 0.1) is 5.82 Å². The van der Waals surface area contributed by atoms with Gasteiger partial charge in [-0.25, -0.2) is 9.07 Å². The van der Waals surface area contributed by atoms with E-state index in [0.29, 0.717) is 18.0 Å². The highest BCUT2D eigenvalue weighted by Crippen LogP contribution is 2.21. The molecule has 1 saturated heterocycles. The van der Waals surface area contributed by atoms with Gasteiger partial charge in [-0.05, 0) is 35.9 Å². The molecule has 146 valence electrons. The van der Waals surface area contributed by atoms with Crippen LogP contribution in [-0.4, -0.2) is 40.6 Å². The number of amides is 1. The number of anilines is 1. The molecule has 4 rings (SSSR count). The molecule has 7 nitrogen and oxygen atoms in total. The molecule has 2 heterocycles. The Bertz CT molecular complexity index is 942. The fraction of sp³-hybridized carbons (Fsp3) is 0.211. The average molecular weight is 404 g/mol. The van der Waals surface area contributed by atoms with Crippen molar-refractivity contribution in [3.63, 3.8) is 0 Å². The van der Waals surface area contributed by atoms with E-state index in [9.17, 15) is 9.18 Å². The predicted octanol–water partition coefficient (Wildman–Crippen LogP) is 2.74. The first-order valence-electron chi connectivity index (χ1n) is 8.61. The summed E-state index contributed by atoms with van der Waals surface area (Å²) in [6, 6.07) is 13.4. The maximum absolute atomic E-state index is 13.3. The number of carbonyl (C=O) groups excluding carboxylic acids is 1. The summed E-state index contributed by atoms with van der Waals surface area (Å²) in [7, 11) is 0. The Hall–Kier alpha value is -2.81. The van der Waals surface area contributed by atoms with Crippen molar-refractivity contribution >= 4 is 24.0 Å². The van der Waals surface area contributed by atoms with Crippen molar-refractivity contribution in [2.75, 3.05) is 25.0 Å². The average Bonchev–Trinajstić information content (AvgIpc) is 3.20. The van der Waals surface area contributed by atoms with Crippen molar-refractivity contribution in [2.45, 2.75) is 6.10 Å². The van der Waals surface area contributed by atoms with Crippen LogP contribution >= 0.6 is 12.4 Å². The lowest BCUT2D eigenvalue weighted by atomic mass is 10.1. The molecule has 1 aliphatic rings. The van der Waals surface area contributed by atoms with E-state index in [-0.39, 0.29) is 35.9 Å². The molecular weight excluding hydrogens is 385 g/mol. The number of benzene rings is 2. The topological polar surface area (TPSA) is 81.1 Å². The summed E-state index contributed by atoms with van der Waals surface area (Å²) < 4.78 is 20.4. The van der Waals surface area contributed by atoms with Crippen LogP contribution in [0.5, 0.6) is 0 Å². The lowest BCUT2D eigenvalue weighted by Crippen LogP contribution is -2.33. The van der Waals surface area contributed by atoms with E-state index < -0.39 is 0 Å². The van der Waals surface area contributed by atoms with E-state index in [1.54, 1.807) is 12.1 Å². The number of hydrogen-bond donors (Lipinski definition) is 2. The molecule has 0 radical (unpaired) electrons. The number of rotatable bonds is 4. The van der Waals surface area contributed by atoms with Crippen LogP contribution < -0.4 is 10.6 Å². The quantitative estimate of drug-likeness (QED) is 0.700. The van der Waals surface area contributed by atoms with Crippen molar-refractivity contribution in [2.24, 2.45) is 0 Å². The molecule has 0 saturated carbocycles. The second kappa shape index (κ2) is 8.92. The molecule has 0 spiro atoms. The first-order chi connectivity index (χ1) is 13.2. The fourth-order valence-corrected chi connectivity index (χ4v) is 2.87. The van der Waals surface area contributed by atoms with Crippen LogP contribution in [0.1, 0.15) is 22.2 Å². The maximum Gasteiger partial charge on any atom is 0.277 e. The van der Waals surface area contributed by atoms with Gasteiger partial charge in [0.2, 0.25) is 0 Å². The summed E-state index contributed by atoms with van der Waals surface area (Å²) in [5.74, 6) is -0.771. The molecule has 28 heavy (non-hydrogen) atoms. The Balaban J connectivity index is 0.00000225. The van der Waals surface area contributed by atoms with Gasteiger partial charge in [0, 0.05) is 18.8 Å². The van der Waals surface area contributed by atoms with Gasteiger partial charge >= 0.3 is 0 Å². The molecule has 0 aliphatic carbocycles. The second-order valence-electron chi connectivity index (χ2n) is 6.17. The minimum atomic E-state index is -0.388. The summed E-state index contributed by atoms with van der Waals surface area (Å²) in [5, 5.41) is 13.8. The summed E-state index contributed by atoms with van der Waals surface area (Å²) in [6.07, 6.45) is 1.48.